The lowest BCUT2D eigenvalue weighted by molar-refractivity contribution is 0.112. The van der Waals surface area contributed by atoms with Crippen LogP contribution in [0, 0.1) is 6.92 Å². The number of hydrogen-bond donors (Lipinski definition) is 1. The third kappa shape index (κ3) is 4.53. The number of aryl methyl sites for hydroxylation is 1. The van der Waals surface area contributed by atoms with Gasteiger partial charge in [-0.2, -0.15) is 0 Å². The Kier molecular flexibility index (Phi) is 6.28. The monoisotopic (exact) mass is 483 g/mol. The largest absolute Gasteiger partial charge is 0.511 e. The maximum Gasteiger partial charge on any atom is 0.511 e. The Labute approximate surface area is 197 Å². The number of hydrogen-bond acceptors (Lipinski definition) is 5. The first-order chi connectivity index (χ1) is 15.4. The topological polar surface area (TPSA) is 76.5 Å². The van der Waals surface area contributed by atoms with Crippen molar-refractivity contribution in [1.82, 2.24) is 4.98 Å². The molecule has 0 radical (unpaired) electrons. The smallest absolute Gasteiger partial charge is 0.449 e. The molecule has 3 aromatic carbocycles. The molecule has 0 aliphatic rings. The van der Waals surface area contributed by atoms with Crippen LogP contribution >= 0.6 is 34.5 Å². The molecule has 8 heteroatoms. The molecule has 5 nitrogen and oxygen atoms in total. The highest BCUT2D eigenvalue weighted by Gasteiger charge is 2.17. The van der Waals surface area contributed by atoms with Gasteiger partial charge in [-0.05, 0) is 36.8 Å². The van der Waals surface area contributed by atoms with Crippen LogP contribution in [0.4, 0.5) is 4.79 Å². The van der Waals surface area contributed by atoms with E-state index in [4.69, 9.17) is 27.9 Å². The van der Waals surface area contributed by atoms with Crippen LogP contribution < -0.4 is 4.74 Å². The van der Waals surface area contributed by atoms with Crippen LogP contribution in [0.3, 0.4) is 0 Å². The van der Waals surface area contributed by atoms with E-state index < -0.39 is 6.16 Å². The summed E-state index contributed by atoms with van der Waals surface area (Å²) in [6.45, 7) is 1.89. The second-order valence-electron chi connectivity index (χ2n) is 6.95. The lowest BCUT2D eigenvalue weighted by Crippen LogP contribution is -2.05. The molecule has 0 fully saturated rings. The molecule has 0 spiro atoms. The van der Waals surface area contributed by atoms with Crippen LogP contribution in [0.2, 0.25) is 10.0 Å². The number of ether oxygens (including phenoxy) is 1. The zero-order valence-corrected chi connectivity index (χ0v) is 19.0. The van der Waals surface area contributed by atoms with Crippen LogP contribution in [-0.4, -0.2) is 22.5 Å². The number of aromatic nitrogens is 1. The Morgan fingerprint density at radius 3 is 2.50 bits per heavy atom. The van der Waals surface area contributed by atoms with Crippen molar-refractivity contribution in [3.63, 3.8) is 0 Å². The van der Waals surface area contributed by atoms with Crippen LogP contribution in [0.15, 0.2) is 60.0 Å². The molecule has 32 heavy (non-hydrogen) atoms. The van der Waals surface area contributed by atoms with E-state index in [1.807, 2.05) is 36.6 Å². The minimum Gasteiger partial charge on any atom is -0.449 e. The Morgan fingerprint density at radius 2 is 1.78 bits per heavy atom. The minimum atomic E-state index is -1.45. The number of carbonyl (C=O) groups is 2. The average molecular weight is 484 g/mol. The average Bonchev–Trinajstić information content (AvgIpc) is 3.25. The van der Waals surface area contributed by atoms with Gasteiger partial charge in [0.1, 0.15) is 10.8 Å². The first-order valence-corrected chi connectivity index (χ1v) is 11.0. The first kappa shape index (κ1) is 22.0. The SMILES string of the molecule is Cc1ccc(C=O)c(-c2ccc(-c3nc(-c4ccc(Cl)c(Cl)c4)cs3)cc2OC(=O)O)c1. The summed E-state index contributed by atoms with van der Waals surface area (Å²) < 4.78 is 5.07. The number of carboxylic acid groups (broad SMARTS) is 1. The van der Waals surface area contributed by atoms with Crippen molar-refractivity contribution in [2.24, 2.45) is 0 Å². The number of nitrogens with zero attached hydrogens (tertiary/aromatic N) is 1. The Morgan fingerprint density at radius 1 is 1.00 bits per heavy atom. The molecule has 160 valence electrons. The van der Waals surface area contributed by atoms with E-state index in [0.29, 0.717) is 37.3 Å². The molecular formula is C24H15Cl2NO4S. The molecule has 0 amide bonds. The van der Waals surface area contributed by atoms with Gasteiger partial charge in [0.05, 0.1) is 15.7 Å². The van der Waals surface area contributed by atoms with Crippen molar-refractivity contribution in [2.45, 2.75) is 6.92 Å². The first-order valence-electron chi connectivity index (χ1n) is 9.38. The molecule has 1 N–H and O–H groups in total. The van der Waals surface area contributed by atoms with Gasteiger partial charge in [-0.1, -0.05) is 59.1 Å². The minimum absolute atomic E-state index is 0.120. The van der Waals surface area contributed by atoms with E-state index in [1.165, 1.54) is 11.3 Å². The molecule has 0 unspecified atom stereocenters. The summed E-state index contributed by atoms with van der Waals surface area (Å²) in [5.74, 6) is 0.120. The van der Waals surface area contributed by atoms with Crippen LogP contribution in [0.5, 0.6) is 5.75 Å². The van der Waals surface area contributed by atoms with Crippen molar-refractivity contribution < 1.29 is 19.4 Å². The Hall–Kier alpha value is -3.19. The molecule has 0 aliphatic heterocycles. The zero-order chi connectivity index (χ0) is 22.8. The summed E-state index contributed by atoms with van der Waals surface area (Å²) in [5, 5.41) is 12.7. The van der Waals surface area contributed by atoms with Crippen molar-refractivity contribution >= 4 is 47.0 Å². The molecule has 4 rings (SSSR count). The number of aldehydes is 1. The van der Waals surface area contributed by atoms with Gasteiger partial charge in [0.2, 0.25) is 0 Å². The maximum absolute atomic E-state index is 11.5. The van der Waals surface area contributed by atoms with Gasteiger partial charge in [0.25, 0.3) is 0 Å². The number of rotatable bonds is 5. The molecule has 0 saturated heterocycles. The van der Waals surface area contributed by atoms with E-state index in [1.54, 1.807) is 30.3 Å². The molecule has 0 saturated carbocycles. The highest BCUT2D eigenvalue weighted by molar-refractivity contribution is 7.13. The standard InChI is InChI=1S/C24H15Cl2NO4S/c1-13-2-3-16(11-28)18(8-13)17-6-4-15(10-22(17)31-24(29)30)23-27-21(12-32-23)14-5-7-19(25)20(26)9-14/h2-12H,1H3,(H,29,30). The fraction of sp³-hybridized carbons (Fsp3) is 0.0417. The van der Waals surface area contributed by atoms with Crippen molar-refractivity contribution in [3.05, 3.63) is 81.1 Å². The zero-order valence-electron chi connectivity index (χ0n) is 16.6. The summed E-state index contributed by atoms with van der Waals surface area (Å²) in [4.78, 5) is 27.5. The molecule has 0 atom stereocenters. The lowest BCUT2D eigenvalue weighted by Gasteiger charge is -2.12. The summed E-state index contributed by atoms with van der Waals surface area (Å²) in [6, 6.07) is 15.8. The van der Waals surface area contributed by atoms with E-state index >= 15 is 0 Å². The highest BCUT2D eigenvalue weighted by atomic mass is 35.5. The number of halogens is 2. The summed E-state index contributed by atoms with van der Waals surface area (Å²) in [7, 11) is 0. The summed E-state index contributed by atoms with van der Waals surface area (Å²) >= 11 is 13.5. The van der Waals surface area contributed by atoms with E-state index in [9.17, 15) is 14.7 Å². The Bertz CT molecular complexity index is 1350. The Balaban J connectivity index is 1.78. The van der Waals surface area contributed by atoms with Crippen LogP contribution in [0.1, 0.15) is 15.9 Å². The van der Waals surface area contributed by atoms with Crippen molar-refractivity contribution in [3.8, 4) is 38.7 Å². The number of carbonyl (C=O) groups excluding carboxylic acids is 1. The van der Waals surface area contributed by atoms with Gasteiger partial charge in [-0.3, -0.25) is 4.79 Å². The van der Waals surface area contributed by atoms with Crippen molar-refractivity contribution in [2.75, 3.05) is 0 Å². The fourth-order valence-electron chi connectivity index (χ4n) is 3.26. The quantitative estimate of drug-likeness (QED) is 0.179. The molecule has 1 aromatic heterocycles. The fourth-order valence-corrected chi connectivity index (χ4v) is 4.38. The van der Waals surface area contributed by atoms with E-state index in [0.717, 1.165) is 23.1 Å². The molecule has 4 aromatic rings. The predicted octanol–water partition coefficient (Wildman–Crippen LogP) is 7.63. The van der Waals surface area contributed by atoms with Crippen LogP contribution in [-0.2, 0) is 0 Å². The highest BCUT2D eigenvalue weighted by Crippen LogP contribution is 2.38. The van der Waals surface area contributed by atoms with Gasteiger partial charge < -0.3 is 9.84 Å². The van der Waals surface area contributed by atoms with E-state index in [2.05, 4.69) is 4.98 Å². The van der Waals surface area contributed by atoms with Crippen molar-refractivity contribution in [1.29, 1.82) is 0 Å². The molecular weight excluding hydrogens is 469 g/mol. The van der Waals surface area contributed by atoms with Gasteiger partial charge in [-0.15, -0.1) is 11.3 Å². The van der Waals surface area contributed by atoms with E-state index in [-0.39, 0.29) is 5.75 Å². The molecule has 0 aliphatic carbocycles. The molecule has 1 heterocycles. The second-order valence-corrected chi connectivity index (χ2v) is 8.63. The lowest BCUT2D eigenvalue weighted by atomic mass is 9.96. The second kappa shape index (κ2) is 9.12. The van der Waals surface area contributed by atoms with Gasteiger partial charge in [0.15, 0.2) is 6.29 Å². The molecule has 0 bridgehead atoms. The summed E-state index contributed by atoms with van der Waals surface area (Å²) in [6.07, 6.45) is -0.711. The third-order valence-corrected chi connectivity index (χ3v) is 6.40. The van der Waals surface area contributed by atoms with Gasteiger partial charge in [-0.25, -0.2) is 9.78 Å². The normalized spacial score (nSPS) is 10.7. The summed E-state index contributed by atoms with van der Waals surface area (Å²) in [5.41, 5.74) is 4.69. The maximum atomic E-state index is 11.5. The van der Waals surface area contributed by atoms with Crippen LogP contribution in [0.25, 0.3) is 33.0 Å². The third-order valence-electron chi connectivity index (χ3n) is 4.77. The number of benzene rings is 3. The van der Waals surface area contributed by atoms with Gasteiger partial charge >= 0.3 is 6.16 Å². The predicted molar refractivity (Wildman–Crippen MR) is 127 cm³/mol. The van der Waals surface area contributed by atoms with Gasteiger partial charge in [0, 0.05) is 27.6 Å². The number of thiazole rings is 1.